The Kier molecular flexibility index (Phi) is 5.48. The molecule has 4 N–H and O–H groups in total. The molecule has 112 valence electrons. The van der Waals surface area contributed by atoms with Crippen LogP contribution in [0, 0.1) is 0 Å². The number of aliphatic hydroxyl groups is 1. The van der Waals surface area contributed by atoms with Gasteiger partial charge in [0.1, 0.15) is 0 Å². The summed E-state index contributed by atoms with van der Waals surface area (Å²) >= 11 is 6.19. The Morgan fingerprint density at radius 2 is 2.25 bits per heavy atom. The Morgan fingerprint density at radius 1 is 1.45 bits per heavy atom. The van der Waals surface area contributed by atoms with Crippen molar-refractivity contribution in [3.05, 3.63) is 22.7 Å². The average Bonchev–Trinajstić information content (AvgIpc) is 2.92. The lowest BCUT2D eigenvalue weighted by Gasteiger charge is -2.24. The van der Waals surface area contributed by atoms with Crippen LogP contribution in [0.2, 0.25) is 5.02 Å². The number of hydrogen-bond donors (Lipinski definition) is 3. The van der Waals surface area contributed by atoms with E-state index < -0.39 is 0 Å². The molecule has 0 amide bonds. The second-order valence-electron chi connectivity index (χ2n) is 4.81. The van der Waals surface area contributed by atoms with Crippen molar-refractivity contribution < 1.29 is 14.6 Å². The maximum atomic E-state index is 9.07. The largest absolute Gasteiger partial charge is 0.454 e. The maximum absolute atomic E-state index is 9.07. The lowest BCUT2D eigenvalue weighted by molar-refractivity contribution is 0.174. The van der Waals surface area contributed by atoms with Crippen LogP contribution in [0.25, 0.3) is 0 Å². The Morgan fingerprint density at radius 3 is 2.90 bits per heavy atom. The van der Waals surface area contributed by atoms with E-state index in [0.29, 0.717) is 29.5 Å². The zero-order valence-corrected chi connectivity index (χ0v) is 12.3. The van der Waals surface area contributed by atoms with Crippen LogP contribution in [0.5, 0.6) is 11.5 Å². The Bertz CT molecular complexity index is 456. The van der Waals surface area contributed by atoms with Crippen molar-refractivity contribution in [2.45, 2.75) is 31.8 Å². The van der Waals surface area contributed by atoms with Crippen molar-refractivity contribution in [2.24, 2.45) is 5.73 Å². The first kappa shape index (κ1) is 15.4. The quantitative estimate of drug-likeness (QED) is 0.716. The fourth-order valence-corrected chi connectivity index (χ4v) is 2.61. The van der Waals surface area contributed by atoms with E-state index in [1.807, 2.05) is 12.1 Å². The summed E-state index contributed by atoms with van der Waals surface area (Å²) in [5, 5.41) is 13.0. The van der Waals surface area contributed by atoms with E-state index in [2.05, 4.69) is 12.2 Å². The van der Waals surface area contributed by atoms with Gasteiger partial charge in [0.2, 0.25) is 6.79 Å². The molecule has 2 atom stereocenters. The molecule has 1 aliphatic rings. The number of nitrogens with one attached hydrogen (secondary N) is 1. The zero-order valence-electron chi connectivity index (χ0n) is 11.6. The van der Waals surface area contributed by atoms with E-state index in [9.17, 15) is 0 Å². The van der Waals surface area contributed by atoms with Gasteiger partial charge >= 0.3 is 0 Å². The molecule has 6 heteroatoms. The van der Waals surface area contributed by atoms with Crippen LogP contribution < -0.4 is 20.5 Å². The molecule has 5 nitrogen and oxygen atoms in total. The molecule has 0 fully saturated rings. The highest BCUT2D eigenvalue weighted by Gasteiger charge is 2.22. The zero-order chi connectivity index (χ0) is 14.5. The molecular weight excluding hydrogens is 280 g/mol. The van der Waals surface area contributed by atoms with Gasteiger partial charge in [-0.3, -0.25) is 0 Å². The van der Waals surface area contributed by atoms with E-state index >= 15 is 0 Å². The average molecular weight is 301 g/mol. The van der Waals surface area contributed by atoms with Crippen molar-refractivity contribution in [3.63, 3.8) is 0 Å². The second-order valence-corrected chi connectivity index (χ2v) is 5.22. The summed E-state index contributed by atoms with van der Waals surface area (Å²) in [6.07, 6.45) is 1.63. The van der Waals surface area contributed by atoms with Crippen molar-refractivity contribution in [3.8, 4) is 11.5 Å². The molecule has 2 rings (SSSR count). The number of aliphatic hydroxyl groups excluding tert-OH is 1. The summed E-state index contributed by atoms with van der Waals surface area (Å²) in [6.45, 7) is 2.87. The van der Waals surface area contributed by atoms with Crippen LogP contribution in [0.1, 0.15) is 31.4 Å². The monoisotopic (exact) mass is 300 g/mol. The highest BCUT2D eigenvalue weighted by atomic mass is 35.5. The van der Waals surface area contributed by atoms with Gasteiger partial charge in [0, 0.05) is 25.2 Å². The first-order chi connectivity index (χ1) is 9.69. The Balaban J connectivity index is 2.17. The fourth-order valence-electron chi connectivity index (χ4n) is 2.33. The van der Waals surface area contributed by atoms with E-state index in [4.69, 9.17) is 31.9 Å². The number of ether oxygens (including phenoxy) is 2. The molecule has 20 heavy (non-hydrogen) atoms. The van der Waals surface area contributed by atoms with E-state index in [1.165, 1.54) is 0 Å². The lowest BCUT2D eigenvalue weighted by Crippen LogP contribution is -2.37. The molecule has 0 radical (unpaired) electrons. The number of fused-ring (bicyclic) bond motifs is 1. The van der Waals surface area contributed by atoms with Crippen molar-refractivity contribution >= 4 is 11.6 Å². The minimum Gasteiger partial charge on any atom is -0.454 e. The van der Waals surface area contributed by atoms with Crippen molar-refractivity contribution in [2.75, 3.05) is 19.9 Å². The number of hydrogen-bond acceptors (Lipinski definition) is 5. The van der Waals surface area contributed by atoms with Crippen molar-refractivity contribution in [1.82, 2.24) is 5.32 Å². The molecule has 0 saturated carbocycles. The molecule has 1 aliphatic heterocycles. The van der Waals surface area contributed by atoms with Gasteiger partial charge in [-0.1, -0.05) is 18.5 Å². The molecule has 1 aromatic rings. The smallest absolute Gasteiger partial charge is 0.231 e. The molecule has 0 bridgehead atoms. The summed E-state index contributed by atoms with van der Waals surface area (Å²) in [7, 11) is 0. The summed E-state index contributed by atoms with van der Waals surface area (Å²) < 4.78 is 10.7. The normalized spacial score (nSPS) is 16.2. The predicted octanol–water partition coefficient (Wildman–Crippen LogP) is 1.82. The molecule has 0 saturated heterocycles. The van der Waals surface area contributed by atoms with Gasteiger partial charge in [-0.25, -0.2) is 0 Å². The molecular formula is C14H21ClN2O3. The van der Waals surface area contributed by atoms with Crippen LogP contribution in [-0.4, -0.2) is 31.1 Å². The minimum atomic E-state index is -0.0292. The highest BCUT2D eigenvalue weighted by molar-refractivity contribution is 6.32. The predicted molar refractivity (Wildman–Crippen MR) is 78.3 cm³/mol. The molecule has 1 heterocycles. The van der Waals surface area contributed by atoms with Crippen molar-refractivity contribution in [1.29, 1.82) is 0 Å². The topological polar surface area (TPSA) is 76.7 Å². The Labute approximate surface area is 124 Å². The van der Waals surface area contributed by atoms with Gasteiger partial charge in [-0.15, -0.1) is 0 Å². The first-order valence-corrected chi connectivity index (χ1v) is 7.23. The van der Waals surface area contributed by atoms with Gasteiger partial charge in [0.15, 0.2) is 11.5 Å². The van der Waals surface area contributed by atoms with E-state index in [-0.39, 0.29) is 25.5 Å². The minimum absolute atomic E-state index is 0.0292. The van der Waals surface area contributed by atoms with Gasteiger partial charge in [0.05, 0.1) is 5.02 Å². The second kappa shape index (κ2) is 7.13. The molecule has 0 spiro atoms. The fraction of sp³-hybridized carbons (Fsp3) is 0.571. The summed E-state index contributed by atoms with van der Waals surface area (Å²) in [5.41, 5.74) is 6.83. The summed E-state index contributed by atoms with van der Waals surface area (Å²) in [5.74, 6) is 1.25. The van der Waals surface area contributed by atoms with E-state index in [1.54, 1.807) is 0 Å². The number of halogens is 1. The molecule has 0 aromatic heterocycles. The molecule has 2 unspecified atom stereocenters. The number of rotatable bonds is 7. The third kappa shape index (κ3) is 3.35. The van der Waals surface area contributed by atoms with Crippen LogP contribution >= 0.6 is 11.6 Å². The molecule has 0 aliphatic carbocycles. The molecule has 1 aromatic carbocycles. The van der Waals surface area contributed by atoms with Gasteiger partial charge < -0.3 is 25.6 Å². The highest BCUT2D eigenvalue weighted by Crippen LogP contribution is 2.41. The maximum Gasteiger partial charge on any atom is 0.231 e. The van der Waals surface area contributed by atoms with E-state index in [0.717, 1.165) is 12.0 Å². The third-order valence-corrected chi connectivity index (χ3v) is 3.78. The number of nitrogens with two attached hydrogens (primary N) is 1. The van der Waals surface area contributed by atoms with Crippen LogP contribution in [0.3, 0.4) is 0 Å². The third-order valence-electron chi connectivity index (χ3n) is 3.49. The lowest BCUT2D eigenvalue weighted by atomic mass is 10.0. The van der Waals surface area contributed by atoms with Gasteiger partial charge in [-0.05, 0) is 30.5 Å². The van der Waals surface area contributed by atoms with Gasteiger partial charge in [0.25, 0.3) is 0 Å². The van der Waals surface area contributed by atoms with Crippen LogP contribution in [0.15, 0.2) is 12.1 Å². The standard InChI is InChI=1S/C14H21ClN2O3/c1-2-10(3-4-18)17-12(7-16)9-5-11(15)14-13(6-9)19-8-20-14/h5-6,10,12,17-18H,2-4,7-8,16H2,1H3. The number of benzene rings is 1. The van der Waals surface area contributed by atoms with Crippen LogP contribution in [-0.2, 0) is 0 Å². The summed E-state index contributed by atoms with van der Waals surface area (Å²) in [6, 6.07) is 3.95. The summed E-state index contributed by atoms with van der Waals surface area (Å²) in [4.78, 5) is 0. The first-order valence-electron chi connectivity index (χ1n) is 6.85. The SMILES string of the molecule is CCC(CCO)NC(CN)c1cc(Cl)c2c(c1)OCO2. The Hall–Kier alpha value is -1.01. The van der Waals surface area contributed by atoms with Crippen LogP contribution in [0.4, 0.5) is 0 Å². The van der Waals surface area contributed by atoms with Gasteiger partial charge in [-0.2, -0.15) is 0 Å².